The summed E-state index contributed by atoms with van der Waals surface area (Å²) >= 11 is 6.69. The number of nitrogens with zero attached hydrogens (tertiary/aromatic N) is 3. The van der Waals surface area contributed by atoms with Crippen LogP contribution in [0, 0.1) is 0 Å². The van der Waals surface area contributed by atoms with Gasteiger partial charge in [-0.15, -0.1) is 0 Å². The van der Waals surface area contributed by atoms with Crippen molar-refractivity contribution in [2.75, 3.05) is 30.5 Å². The monoisotopic (exact) mass is 607 g/mol. The van der Waals surface area contributed by atoms with Gasteiger partial charge >= 0.3 is 0 Å². The zero-order valence-corrected chi connectivity index (χ0v) is 26.0. The maximum absolute atomic E-state index is 14.1. The van der Waals surface area contributed by atoms with Crippen molar-refractivity contribution < 1.29 is 19.4 Å². The number of nitrogens with one attached hydrogen (secondary N) is 2. The van der Waals surface area contributed by atoms with E-state index in [1.54, 1.807) is 18.3 Å². The topological polar surface area (TPSA) is 111 Å². The SMILES string of the molecule is C[Si](C)(C)CCOCn1cc(C(=O)c2ccc(Nc3ccccc3)cc2Cl)c2c(N[C@@H]3CC[C@@H](CO)OC3)ncnc21. The number of benzene rings is 2. The average molecular weight is 608 g/mol. The number of hydrogen-bond donors (Lipinski definition) is 3. The van der Waals surface area contributed by atoms with Gasteiger partial charge in [0.2, 0.25) is 0 Å². The summed E-state index contributed by atoms with van der Waals surface area (Å²) in [6, 6.07) is 16.1. The summed E-state index contributed by atoms with van der Waals surface area (Å²) in [5, 5.41) is 17.2. The van der Waals surface area contributed by atoms with Crippen LogP contribution in [0.1, 0.15) is 28.8 Å². The van der Waals surface area contributed by atoms with Gasteiger partial charge < -0.3 is 29.8 Å². The predicted molar refractivity (Wildman–Crippen MR) is 170 cm³/mol. The molecule has 0 unspecified atom stereocenters. The van der Waals surface area contributed by atoms with Gasteiger partial charge in [0.05, 0.1) is 41.3 Å². The second-order valence-corrected chi connectivity index (χ2v) is 17.9. The molecule has 1 aliphatic rings. The summed E-state index contributed by atoms with van der Waals surface area (Å²) < 4.78 is 13.7. The van der Waals surface area contributed by atoms with Crippen molar-refractivity contribution in [2.45, 2.75) is 57.4 Å². The molecule has 42 heavy (non-hydrogen) atoms. The highest BCUT2D eigenvalue weighted by molar-refractivity contribution is 6.76. The number of aliphatic hydroxyl groups excluding tert-OH is 1. The molecule has 0 amide bonds. The Morgan fingerprint density at radius 2 is 1.93 bits per heavy atom. The normalized spacial score (nSPS) is 17.4. The minimum atomic E-state index is -1.25. The number of fused-ring (bicyclic) bond motifs is 1. The number of aliphatic hydroxyl groups is 1. The van der Waals surface area contributed by atoms with E-state index in [0.717, 1.165) is 30.3 Å². The van der Waals surface area contributed by atoms with Crippen molar-refractivity contribution in [3.63, 3.8) is 0 Å². The third-order valence-corrected chi connectivity index (χ3v) is 9.33. The molecule has 0 spiro atoms. The molecule has 9 nitrogen and oxygen atoms in total. The Hall–Kier alpha value is -3.28. The molecule has 2 atom stereocenters. The molecule has 0 saturated carbocycles. The van der Waals surface area contributed by atoms with Gasteiger partial charge in [0.25, 0.3) is 0 Å². The van der Waals surface area contributed by atoms with E-state index in [1.165, 1.54) is 6.33 Å². The summed E-state index contributed by atoms with van der Waals surface area (Å²) in [7, 11) is -1.25. The molecule has 5 rings (SSSR count). The van der Waals surface area contributed by atoms with Crippen molar-refractivity contribution >= 4 is 53.7 Å². The van der Waals surface area contributed by atoms with Crippen molar-refractivity contribution in [3.05, 3.63) is 77.2 Å². The van der Waals surface area contributed by atoms with E-state index < -0.39 is 8.07 Å². The Kier molecular flexibility index (Phi) is 9.59. The third-order valence-electron chi connectivity index (χ3n) is 7.32. The van der Waals surface area contributed by atoms with Crippen LogP contribution in [0.5, 0.6) is 0 Å². The van der Waals surface area contributed by atoms with Crippen molar-refractivity contribution in [1.82, 2.24) is 14.5 Å². The first-order chi connectivity index (χ1) is 20.2. The number of hydrogen-bond acceptors (Lipinski definition) is 8. The lowest BCUT2D eigenvalue weighted by Gasteiger charge is -2.29. The summed E-state index contributed by atoms with van der Waals surface area (Å²) in [5.74, 6) is 0.328. The number of halogens is 1. The molecular weight excluding hydrogens is 570 g/mol. The number of anilines is 3. The predicted octanol–water partition coefficient (Wildman–Crippen LogP) is 6.32. The lowest BCUT2D eigenvalue weighted by Crippen LogP contribution is -2.36. The number of carbonyl (C=O) groups is 1. The van der Waals surface area contributed by atoms with E-state index in [9.17, 15) is 9.90 Å². The third kappa shape index (κ3) is 7.37. The first-order valence-electron chi connectivity index (χ1n) is 14.3. The van der Waals surface area contributed by atoms with Gasteiger partial charge in [-0.05, 0) is 49.2 Å². The Morgan fingerprint density at radius 1 is 1.12 bits per heavy atom. The van der Waals surface area contributed by atoms with Crippen LogP contribution in [0.2, 0.25) is 30.7 Å². The molecule has 1 aliphatic heterocycles. The Morgan fingerprint density at radius 3 is 2.62 bits per heavy atom. The minimum absolute atomic E-state index is 0.00406. The van der Waals surface area contributed by atoms with E-state index in [0.29, 0.717) is 46.2 Å². The molecule has 2 aromatic heterocycles. The van der Waals surface area contributed by atoms with E-state index in [2.05, 4.69) is 40.2 Å². The number of carbonyl (C=O) groups excluding carboxylic acids is 1. The fraction of sp³-hybridized carbons (Fsp3) is 0.387. The second kappa shape index (κ2) is 13.3. The highest BCUT2D eigenvalue weighted by atomic mass is 35.5. The fourth-order valence-corrected chi connectivity index (χ4v) is 5.94. The molecule has 0 bridgehead atoms. The number of aromatic nitrogens is 3. The summed E-state index contributed by atoms with van der Waals surface area (Å²) in [6.45, 7) is 8.28. The van der Waals surface area contributed by atoms with Crippen LogP contribution in [0.4, 0.5) is 17.2 Å². The van der Waals surface area contributed by atoms with Gasteiger partial charge in [0.1, 0.15) is 24.5 Å². The molecule has 0 radical (unpaired) electrons. The summed E-state index contributed by atoms with van der Waals surface area (Å²) in [5.41, 5.74) is 3.14. The molecular formula is C31H38ClN5O4Si. The van der Waals surface area contributed by atoms with Crippen LogP contribution in [0.15, 0.2) is 61.1 Å². The quantitative estimate of drug-likeness (QED) is 0.0974. The van der Waals surface area contributed by atoms with Crippen molar-refractivity contribution in [2.24, 2.45) is 0 Å². The van der Waals surface area contributed by atoms with Gasteiger partial charge in [-0.3, -0.25) is 4.79 Å². The molecule has 2 aromatic carbocycles. The van der Waals surface area contributed by atoms with E-state index in [4.69, 9.17) is 21.1 Å². The zero-order valence-electron chi connectivity index (χ0n) is 24.3. The van der Waals surface area contributed by atoms with E-state index in [-0.39, 0.29) is 31.3 Å². The van der Waals surface area contributed by atoms with Crippen LogP contribution in [0.25, 0.3) is 11.0 Å². The van der Waals surface area contributed by atoms with Gasteiger partial charge in [-0.25, -0.2) is 9.97 Å². The fourth-order valence-electron chi connectivity index (χ4n) is 4.91. The Bertz CT molecular complexity index is 1520. The van der Waals surface area contributed by atoms with Gasteiger partial charge in [0.15, 0.2) is 5.78 Å². The number of para-hydroxylation sites is 1. The summed E-state index contributed by atoms with van der Waals surface area (Å²) in [6.07, 6.45) is 4.67. The summed E-state index contributed by atoms with van der Waals surface area (Å²) in [4.78, 5) is 23.1. The first-order valence-corrected chi connectivity index (χ1v) is 18.4. The van der Waals surface area contributed by atoms with E-state index >= 15 is 0 Å². The number of ether oxygens (including phenoxy) is 2. The molecule has 1 fully saturated rings. The molecule has 3 N–H and O–H groups in total. The maximum Gasteiger partial charge on any atom is 0.196 e. The van der Waals surface area contributed by atoms with Gasteiger partial charge in [0, 0.05) is 37.8 Å². The number of rotatable bonds is 12. The standard InChI is InChI=1S/C31H38ClN5O4Si/c1-42(2,3)14-13-40-20-37-16-26(28-30(33-19-34-31(28)37)36-23-9-11-24(17-38)41-18-23)29(39)25-12-10-22(15-27(25)32)35-21-7-5-4-6-8-21/h4-8,10,12,15-16,19,23-24,35,38H,9,11,13-14,17-18,20H2,1-3H3,(H,33,34,36)/t23-,24+/m1/s1. The van der Waals surface area contributed by atoms with Crippen LogP contribution < -0.4 is 10.6 Å². The molecule has 11 heteroatoms. The highest BCUT2D eigenvalue weighted by Crippen LogP contribution is 2.32. The first kappa shape index (κ1) is 30.2. The minimum Gasteiger partial charge on any atom is -0.394 e. The van der Waals surface area contributed by atoms with Crippen LogP contribution in [0.3, 0.4) is 0 Å². The van der Waals surface area contributed by atoms with Gasteiger partial charge in [-0.1, -0.05) is 49.4 Å². The van der Waals surface area contributed by atoms with Gasteiger partial charge in [-0.2, -0.15) is 0 Å². The Labute approximate surface area is 252 Å². The van der Waals surface area contributed by atoms with Crippen molar-refractivity contribution in [1.29, 1.82) is 0 Å². The molecule has 1 saturated heterocycles. The second-order valence-electron chi connectivity index (χ2n) is 11.9. The Balaban J connectivity index is 1.45. The van der Waals surface area contributed by atoms with Crippen LogP contribution >= 0.6 is 11.6 Å². The zero-order chi connectivity index (χ0) is 29.7. The molecule has 222 valence electrons. The molecule has 0 aliphatic carbocycles. The lowest BCUT2D eigenvalue weighted by molar-refractivity contribution is -0.0224. The highest BCUT2D eigenvalue weighted by Gasteiger charge is 2.26. The smallest absolute Gasteiger partial charge is 0.196 e. The average Bonchev–Trinajstić information content (AvgIpc) is 3.35. The van der Waals surface area contributed by atoms with Crippen molar-refractivity contribution in [3.8, 4) is 0 Å². The maximum atomic E-state index is 14.1. The largest absolute Gasteiger partial charge is 0.394 e. The lowest BCUT2D eigenvalue weighted by atomic mass is 10.0. The molecule has 3 heterocycles. The van der Waals surface area contributed by atoms with Crippen LogP contribution in [-0.2, 0) is 16.2 Å². The number of ketones is 1. The molecule has 4 aromatic rings. The van der Waals surface area contributed by atoms with E-state index in [1.807, 2.05) is 41.0 Å². The van der Waals surface area contributed by atoms with Crippen LogP contribution in [-0.4, -0.2) is 65.5 Å².